The van der Waals surface area contributed by atoms with E-state index < -0.39 is 22.2 Å². The molecule has 1 aliphatic rings. The standard InChI is InChI=1S/C17H22N2O6/c1-2-25-14-7-6-12(10-13(14)19(23)24)15(20)18-11-17(16(21)22)8-4-3-5-9-17/h6-7,10H,2-5,8-9,11H2,1H3,(H,18,20)(H,21,22). The predicted octanol–water partition coefficient (Wildman–Crippen LogP) is 2.76. The van der Waals surface area contributed by atoms with Crippen LogP contribution in [0.15, 0.2) is 18.2 Å². The number of benzene rings is 1. The maximum Gasteiger partial charge on any atom is 0.311 e. The van der Waals surface area contributed by atoms with Crippen molar-refractivity contribution in [2.45, 2.75) is 39.0 Å². The average Bonchev–Trinajstić information content (AvgIpc) is 2.60. The number of nitrogens with one attached hydrogen (secondary N) is 1. The minimum absolute atomic E-state index is 0.0160. The number of hydrogen-bond donors (Lipinski definition) is 2. The van der Waals surface area contributed by atoms with Gasteiger partial charge in [-0.1, -0.05) is 19.3 Å². The number of carboxylic acids is 1. The Balaban J connectivity index is 2.13. The van der Waals surface area contributed by atoms with E-state index in [1.807, 2.05) is 0 Å². The minimum Gasteiger partial charge on any atom is -0.487 e. The van der Waals surface area contributed by atoms with Gasteiger partial charge in [0.15, 0.2) is 5.75 Å². The molecule has 8 heteroatoms. The van der Waals surface area contributed by atoms with Crippen LogP contribution in [0, 0.1) is 15.5 Å². The number of carbonyl (C=O) groups excluding carboxylic acids is 1. The van der Waals surface area contributed by atoms with E-state index in [4.69, 9.17) is 4.74 Å². The Morgan fingerprint density at radius 1 is 1.32 bits per heavy atom. The minimum atomic E-state index is -0.953. The zero-order valence-electron chi connectivity index (χ0n) is 14.1. The first kappa shape index (κ1) is 18.7. The molecule has 2 N–H and O–H groups in total. The molecule has 0 aliphatic heterocycles. The van der Waals surface area contributed by atoms with Gasteiger partial charge >= 0.3 is 11.7 Å². The molecule has 0 atom stereocenters. The number of carboxylic acid groups (broad SMARTS) is 1. The molecule has 1 saturated carbocycles. The molecule has 0 spiro atoms. The predicted molar refractivity (Wildman–Crippen MR) is 89.8 cm³/mol. The highest BCUT2D eigenvalue weighted by Gasteiger charge is 2.39. The smallest absolute Gasteiger partial charge is 0.311 e. The van der Waals surface area contributed by atoms with Crippen LogP contribution in [0.1, 0.15) is 49.4 Å². The molecule has 136 valence electrons. The van der Waals surface area contributed by atoms with Gasteiger partial charge in [-0.3, -0.25) is 19.7 Å². The first-order chi connectivity index (χ1) is 11.9. The van der Waals surface area contributed by atoms with Gasteiger partial charge in [0.1, 0.15) is 0 Å². The third kappa shape index (κ3) is 4.26. The zero-order valence-corrected chi connectivity index (χ0v) is 14.1. The van der Waals surface area contributed by atoms with Crippen LogP contribution < -0.4 is 10.1 Å². The van der Waals surface area contributed by atoms with E-state index in [0.29, 0.717) is 12.8 Å². The number of hydrogen-bond acceptors (Lipinski definition) is 5. The van der Waals surface area contributed by atoms with Gasteiger partial charge in [-0.05, 0) is 31.9 Å². The fraction of sp³-hybridized carbons (Fsp3) is 0.529. The molecule has 0 saturated heterocycles. The molecular weight excluding hydrogens is 328 g/mol. The number of nitro groups is 1. The van der Waals surface area contributed by atoms with E-state index >= 15 is 0 Å². The third-order valence-corrected chi connectivity index (χ3v) is 4.57. The summed E-state index contributed by atoms with van der Waals surface area (Å²) in [5.74, 6) is -1.35. The number of nitrogens with zero attached hydrogens (tertiary/aromatic N) is 1. The van der Waals surface area contributed by atoms with Gasteiger partial charge < -0.3 is 15.2 Å². The summed E-state index contributed by atoms with van der Waals surface area (Å²) in [6.07, 6.45) is 3.67. The zero-order chi connectivity index (χ0) is 18.4. The van der Waals surface area contributed by atoms with Crippen molar-refractivity contribution in [1.29, 1.82) is 0 Å². The van der Waals surface area contributed by atoms with E-state index in [-0.39, 0.29) is 30.2 Å². The van der Waals surface area contributed by atoms with Gasteiger partial charge in [-0.2, -0.15) is 0 Å². The van der Waals surface area contributed by atoms with Crippen LogP contribution in [0.2, 0.25) is 0 Å². The van der Waals surface area contributed by atoms with Crippen molar-refractivity contribution >= 4 is 17.6 Å². The highest BCUT2D eigenvalue weighted by Crippen LogP contribution is 2.36. The molecule has 1 aliphatic carbocycles. The second-order valence-corrected chi connectivity index (χ2v) is 6.20. The van der Waals surface area contributed by atoms with Crippen LogP contribution in [0.3, 0.4) is 0 Å². The Hall–Kier alpha value is -2.64. The highest BCUT2D eigenvalue weighted by atomic mass is 16.6. The number of aliphatic carboxylic acids is 1. The topological polar surface area (TPSA) is 119 Å². The largest absolute Gasteiger partial charge is 0.487 e. The summed E-state index contributed by atoms with van der Waals surface area (Å²) in [5, 5.41) is 23.3. The summed E-state index contributed by atoms with van der Waals surface area (Å²) >= 11 is 0. The third-order valence-electron chi connectivity index (χ3n) is 4.57. The van der Waals surface area contributed by atoms with E-state index in [9.17, 15) is 24.8 Å². The molecule has 1 aromatic carbocycles. The lowest BCUT2D eigenvalue weighted by atomic mass is 9.74. The summed E-state index contributed by atoms with van der Waals surface area (Å²) in [5.41, 5.74) is -1.14. The summed E-state index contributed by atoms with van der Waals surface area (Å²) < 4.78 is 5.18. The molecule has 8 nitrogen and oxygen atoms in total. The number of nitro benzene ring substituents is 1. The fourth-order valence-corrected chi connectivity index (χ4v) is 3.13. The Morgan fingerprint density at radius 2 is 2.00 bits per heavy atom. The normalized spacial score (nSPS) is 16.0. The van der Waals surface area contributed by atoms with Crippen LogP contribution >= 0.6 is 0 Å². The molecular formula is C17H22N2O6. The van der Waals surface area contributed by atoms with Crippen molar-refractivity contribution in [2.75, 3.05) is 13.2 Å². The number of amides is 1. The van der Waals surface area contributed by atoms with Crippen LogP contribution in [-0.4, -0.2) is 35.1 Å². The molecule has 25 heavy (non-hydrogen) atoms. The monoisotopic (exact) mass is 350 g/mol. The Kier molecular flexibility index (Phi) is 5.95. The molecule has 0 bridgehead atoms. The van der Waals surface area contributed by atoms with Crippen LogP contribution in [0.25, 0.3) is 0 Å². The average molecular weight is 350 g/mol. The van der Waals surface area contributed by atoms with Crippen LogP contribution in [-0.2, 0) is 4.79 Å². The number of rotatable bonds is 7. The quantitative estimate of drug-likeness (QED) is 0.576. The van der Waals surface area contributed by atoms with Gasteiger partial charge in [0.05, 0.1) is 16.9 Å². The first-order valence-electron chi connectivity index (χ1n) is 8.32. The number of carbonyl (C=O) groups is 2. The molecule has 0 unspecified atom stereocenters. The summed E-state index contributed by atoms with van der Waals surface area (Å²) in [6.45, 7) is 2.00. The maximum absolute atomic E-state index is 12.3. The first-order valence-corrected chi connectivity index (χ1v) is 8.32. The van der Waals surface area contributed by atoms with Gasteiger partial charge in [0, 0.05) is 18.2 Å². The molecule has 0 radical (unpaired) electrons. The number of ether oxygens (including phenoxy) is 1. The van der Waals surface area contributed by atoms with Gasteiger partial charge in [-0.25, -0.2) is 0 Å². The van der Waals surface area contributed by atoms with Crippen molar-refractivity contribution in [3.8, 4) is 5.75 Å². The second-order valence-electron chi connectivity index (χ2n) is 6.20. The lowest BCUT2D eigenvalue weighted by Crippen LogP contribution is -2.44. The Labute approximate surface area is 145 Å². The van der Waals surface area contributed by atoms with E-state index in [2.05, 4.69) is 5.32 Å². The molecule has 1 aromatic rings. The highest BCUT2D eigenvalue weighted by molar-refractivity contribution is 5.95. The molecule has 0 aromatic heterocycles. The Bertz CT molecular complexity index is 667. The fourth-order valence-electron chi connectivity index (χ4n) is 3.13. The molecule has 0 heterocycles. The maximum atomic E-state index is 12.3. The summed E-state index contributed by atoms with van der Waals surface area (Å²) in [4.78, 5) is 34.5. The molecule has 1 amide bonds. The summed E-state index contributed by atoms with van der Waals surface area (Å²) in [6, 6.07) is 3.96. The van der Waals surface area contributed by atoms with Crippen molar-refractivity contribution in [3.63, 3.8) is 0 Å². The van der Waals surface area contributed by atoms with Crippen molar-refractivity contribution in [3.05, 3.63) is 33.9 Å². The van der Waals surface area contributed by atoms with Crippen LogP contribution in [0.4, 0.5) is 5.69 Å². The van der Waals surface area contributed by atoms with Crippen molar-refractivity contribution < 1.29 is 24.4 Å². The second kappa shape index (κ2) is 7.96. The lowest BCUT2D eigenvalue weighted by molar-refractivity contribution is -0.385. The lowest BCUT2D eigenvalue weighted by Gasteiger charge is -2.33. The molecule has 2 rings (SSSR count). The summed E-state index contributed by atoms with van der Waals surface area (Å²) in [7, 11) is 0. The Morgan fingerprint density at radius 3 is 2.56 bits per heavy atom. The van der Waals surface area contributed by atoms with E-state index in [1.54, 1.807) is 6.92 Å². The molecule has 1 fully saturated rings. The van der Waals surface area contributed by atoms with Gasteiger partial charge in [-0.15, -0.1) is 0 Å². The van der Waals surface area contributed by atoms with E-state index in [0.717, 1.165) is 25.3 Å². The van der Waals surface area contributed by atoms with Gasteiger partial charge in [0.25, 0.3) is 5.91 Å². The van der Waals surface area contributed by atoms with Crippen LogP contribution in [0.5, 0.6) is 5.75 Å². The van der Waals surface area contributed by atoms with E-state index in [1.165, 1.54) is 12.1 Å². The van der Waals surface area contributed by atoms with Gasteiger partial charge in [0.2, 0.25) is 0 Å². The van der Waals surface area contributed by atoms with Crippen molar-refractivity contribution in [1.82, 2.24) is 5.32 Å². The SMILES string of the molecule is CCOc1ccc(C(=O)NCC2(C(=O)O)CCCCC2)cc1[N+](=O)[O-]. The van der Waals surface area contributed by atoms with Crippen molar-refractivity contribution in [2.24, 2.45) is 5.41 Å².